The van der Waals surface area contributed by atoms with Crippen LogP contribution >= 0.6 is 35.7 Å². The van der Waals surface area contributed by atoms with E-state index in [1.54, 1.807) is 30.0 Å². The molecule has 1 amide bonds. The van der Waals surface area contributed by atoms with E-state index in [0.717, 1.165) is 37.8 Å². The second-order valence-electron chi connectivity index (χ2n) is 6.11. The Morgan fingerprint density at radius 3 is 2.55 bits per heavy atom. The van der Waals surface area contributed by atoms with E-state index in [1.165, 1.54) is 0 Å². The third-order valence-electron chi connectivity index (χ3n) is 4.05. The van der Waals surface area contributed by atoms with Crippen molar-refractivity contribution in [1.29, 1.82) is 0 Å². The second-order valence-corrected chi connectivity index (χ2v) is 8.85. The highest BCUT2D eigenvalue weighted by Gasteiger charge is 2.32. The van der Waals surface area contributed by atoms with Crippen LogP contribution in [0.25, 0.3) is 0 Å². The van der Waals surface area contributed by atoms with Crippen LogP contribution in [0.1, 0.15) is 5.56 Å². The minimum absolute atomic E-state index is 0.0231. The number of benzene rings is 1. The fourth-order valence-corrected chi connectivity index (χ4v) is 4.96. The number of thioether (sulfide) groups is 2. The number of hydrogen-bond donors (Lipinski definition) is 2. The molecule has 2 N–H and O–H groups in total. The number of rotatable bonds is 6. The van der Waals surface area contributed by atoms with E-state index in [4.69, 9.17) is 22.4 Å². The number of nitrogens with zero attached hydrogens (tertiary/aromatic N) is 2. The van der Waals surface area contributed by atoms with Gasteiger partial charge in [0.25, 0.3) is 5.91 Å². The number of hydrogen-bond acceptors (Lipinski definition) is 7. The van der Waals surface area contributed by atoms with Crippen LogP contribution in [0.15, 0.2) is 57.3 Å². The smallest absolute Gasteiger partial charge is 0.323 e. The molecular weight excluding hydrogens is 432 g/mol. The molecule has 0 saturated carbocycles. The highest BCUT2D eigenvalue weighted by Crippen LogP contribution is 2.45. The van der Waals surface area contributed by atoms with Gasteiger partial charge >= 0.3 is 11.9 Å². The van der Waals surface area contributed by atoms with Gasteiger partial charge in [-0.3, -0.25) is 19.3 Å². The first kappa shape index (κ1) is 21.2. The van der Waals surface area contributed by atoms with E-state index in [2.05, 4.69) is 0 Å². The highest BCUT2D eigenvalue weighted by molar-refractivity contribution is 8.26. The number of anilines is 1. The summed E-state index contributed by atoms with van der Waals surface area (Å²) in [6, 6.07) is 5.59. The first-order valence-corrected chi connectivity index (χ1v) is 10.4. The molecule has 0 atom stereocenters. The van der Waals surface area contributed by atoms with Crippen molar-refractivity contribution in [3.8, 4) is 0 Å². The van der Waals surface area contributed by atoms with E-state index in [0.29, 0.717) is 4.91 Å². The monoisotopic (exact) mass is 448 g/mol. The molecule has 0 aromatic heterocycles. The Labute approximate surface area is 180 Å². The number of fused-ring (bicyclic) bond motifs is 1. The van der Waals surface area contributed by atoms with Gasteiger partial charge < -0.3 is 15.1 Å². The lowest BCUT2D eigenvalue weighted by molar-refractivity contribution is -0.140. The molecule has 1 saturated heterocycles. The van der Waals surface area contributed by atoms with Gasteiger partial charge in [0.15, 0.2) is 0 Å². The minimum atomic E-state index is -1.12. The lowest BCUT2D eigenvalue weighted by atomic mass is 10.1. The van der Waals surface area contributed by atoms with Gasteiger partial charge in [-0.15, -0.1) is 0 Å². The van der Waals surface area contributed by atoms with E-state index >= 15 is 0 Å². The number of carbonyl (C=O) groups is 3. The summed E-state index contributed by atoms with van der Waals surface area (Å²) in [6.45, 7) is -0.445. The number of carboxylic acids is 2. The highest BCUT2D eigenvalue weighted by atomic mass is 32.2. The summed E-state index contributed by atoms with van der Waals surface area (Å²) >= 11 is 7.69. The van der Waals surface area contributed by atoms with E-state index in [9.17, 15) is 14.4 Å². The van der Waals surface area contributed by atoms with Crippen LogP contribution in [0.2, 0.25) is 0 Å². The van der Waals surface area contributed by atoms with E-state index in [1.807, 2.05) is 36.2 Å². The fourth-order valence-electron chi connectivity index (χ4n) is 2.71. The van der Waals surface area contributed by atoms with Gasteiger partial charge in [0, 0.05) is 11.9 Å². The molecular formula is C19H16N2O5S3. The van der Waals surface area contributed by atoms with Crippen LogP contribution in [0.4, 0.5) is 5.69 Å². The summed E-state index contributed by atoms with van der Waals surface area (Å²) in [4.78, 5) is 38.4. The van der Waals surface area contributed by atoms with Crippen molar-refractivity contribution in [2.45, 2.75) is 11.3 Å². The van der Waals surface area contributed by atoms with Gasteiger partial charge in [0.2, 0.25) is 0 Å². The van der Waals surface area contributed by atoms with Gasteiger partial charge in [-0.2, -0.15) is 0 Å². The third-order valence-corrected chi connectivity index (χ3v) is 6.63. The van der Waals surface area contributed by atoms with Gasteiger partial charge in [-0.1, -0.05) is 54.0 Å². The molecule has 1 fully saturated rings. The Hall–Kier alpha value is -2.56. The Morgan fingerprint density at radius 2 is 1.86 bits per heavy atom. The standard InChI is InChI=1S/C19H16N2O5S3/c1-20-12-8-11(9-16(22)23)6-7-13(12)28-15(20)5-3-2-4-14-18(26)21(10-17(24)25)19(27)29-14/h2-8H,9-10H2,1H3,(H,22,23)(H,24,25)/b3-2?,14-4?,15-5-. The summed E-state index contributed by atoms with van der Waals surface area (Å²) in [5.74, 6) is -2.40. The van der Waals surface area contributed by atoms with Crippen LogP contribution in [-0.2, 0) is 20.8 Å². The van der Waals surface area contributed by atoms with Crippen molar-refractivity contribution in [2.75, 3.05) is 18.5 Å². The summed E-state index contributed by atoms with van der Waals surface area (Å²) in [5, 5.41) is 18.8. The van der Waals surface area contributed by atoms with E-state index in [-0.39, 0.29) is 10.7 Å². The SMILES string of the molecule is CN1/C(=C/C=CC=C2SC(=S)N(CC(=O)O)C2=O)Sc2ccc(CC(=O)O)cc21. The van der Waals surface area contributed by atoms with E-state index < -0.39 is 24.4 Å². The molecule has 1 aromatic rings. The average molecular weight is 449 g/mol. The zero-order chi connectivity index (χ0) is 21.1. The van der Waals surface area contributed by atoms with Crippen molar-refractivity contribution in [2.24, 2.45) is 0 Å². The molecule has 0 unspecified atom stereocenters. The Bertz CT molecular complexity index is 1000. The van der Waals surface area contributed by atoms with Gasteiger partial charge in [0.1, 0.15) is 10.9 Å². The van der Waals surface area contributed by atoms with Gasteiger partial charge in [-0.05, 0) is 29.8 Å². The second kappa shape index (κ2) is 8.85. The molecule has 29 heavy (non-hydrogen) atoms. The van der Waals surface area contributed by atoms with Crippen molar-refractivity contribution in [3.05, 3.63) is 58.0 Å². The first-order valence-electron chi connectivity index (χ1n) is 8.36. The summed E-state index contributed by atoms with van der Waals surface area (Å²) in [6.07, 6.45) is 6.96. The molecule has 10 heteroatoms. The van der Waals surface area contributed by atoms with Crippen LogP contribution in [-0.4, -0.2) is 50.9 Å². The molecule has 7 nitrogen and oxygen atoms in total. The summed E-state index contributed by atoms with van der Waals surface area (Å²) < 4.78 is 0.231. The fraction of sp³-hybridized carbons (Fsp3) is 0.158. The number of allylic oxidation sites excluding steroid dienone is 4. The zero-order valence-electron chi connectivity index (χ0n) is 15.2. The molecule has 0 bridgehead atoms. The maximum absolute atomic E-state index is 12.2. The van der Waals surface area contributed by atoms with Gasteiger partial charge in [0.05, 0.1) is 22.0 Å². The number of carboxylic acid groups (broad SMARTS) is 2. The van der Waals surface area contributed by atoms with Crippen molar-refractivity contribution in [1.82, 2.24) is 4.90 Å². The number of carbonyl (C=O) groups excluding carboxylic acids is 1. The van der Waals surface area contributed by atoms with Crippen LogP contribution in [0.5, 0.6) is 0 Å². The molecule has 150 valence electrons. The molecule has 2 aliphatic heterocycles. The average Bonchev–Trinajstić information content (AvgIpc) is 3.09. The molecule has 2 heterocycles. The largest absolute Gasteiger partial charge is 0.481 e. The predicted molar refractivity (Wildman–Crippen MR) is 117 cm³/mol. The van der Waals surface area contributed by atoms with Crippen molar-refractivity contribution in [3.63, 3.8) is 0 Å². The van der Waals surface area contributed by atoms with Crippen molar-refractivity contribution >= 4 is 63.6 Å². The zero-order valence-corrected chi connectivity index (χ0v) is 17.6. The maximum Gasteiger partial charge on any atom is 0.323 e. The Kier molecular flexibility index (Phi) is 6.46. The van der Waals surface area contributed by atoms with Crippen LogP contribution in [0, 0.1) is 0 Å². The number of aliphatic carboxylic acids is 2. The molecule has 0 radical (unpaired) electrons. The van der Waals surface area contributed by atoms with Crippen LogP contribution < -0.4 is 4.90 Å². The molecule has 1 aromatic carbocycles. The third kappa shape index (κ3) is 4.89. The van der Waals surface area contributed by atoms with Crippen LogP contribution in [0.3, 0.4) is 0 Å². The molecule has 0 aliphatic carbocycles. The van der Waals surface area contributed by atoms with Crippen molar-refractivity contribution < 1.29 is 24.6 Å². The lowest BCUT2D eigenvalue weighted by Gasteiger charge is -2.13. The molecule has 2 aliphatic rings. The summed E-state index contributed by atoms with van der Waals surface area (Å²) in [7, 11) is 1.90. The predicted octanol–water partition coefficient (Wildman–Crippen LogP) is 3.08. The topological polar surface area (TPSA) is 98.2 Å². The first-order chi connectivity index (χ1) is 13.8. The number of amides is 1. The lowest BCUT2D eigenvalue weighted by Crippen LogP contribution is -2.33. The normalized spacial score (nSPS) is 19.1. The Balaban J connectivity index is 1.69. The Morgan fingerprint density at radius 1 is 1.14 bits per heavy atom. The minimum Gasteiger partial charge on any atom is -0.481 e. The summed E-state index contributed by atoms with van der Waals surface area (Å²) in [5.41, 5.74) is 1.69. The quantitative estimate of drug-likeness (QED) is 0.502. The molecule has 3 rings (SSSR count). The maximum atomic E-state index is 12.2. The molecule has 0 spiro atoms. The number of thiocarbonyl (C=S) groups is 1. The van der Waals surface area contributed by atoms with Gasteiger partial charge in [-0.25, -0.2) is 0 Å².